The van der Waals surface area contributed by atoms with E-state index in [1.54, 1.807) is 36.4 Å². The molecule has 2 nitrogen and oxygen atoms in total. The third kappa shape index (κ3) is 3.68. The van der Waals surface area contributed by atoms with Gasteiger partial charge >= 0.3 is 0 Å². The molecule has 8 rings (SSSR count). The van der Waals surface area contributed by atoms with Crippen LogP contribution in [0, 0.1) is 0 Å². The van der Waals surface area contributed by atoms with Gasteiger partial charge in [0.1, 0.15) is 5.82 Å². The Bertz CT molecular complexity index is 2760. The quantitative estimate of drug-likeness (QED) is 0.205. The highest BCUT2D eigenvalue weighted by atomic mass is 15.1. The van der Waals surface area contributed by atoms with Gasteiger partial charge in [0, 0.05) is 18.9 Å². The van der Waals surface area contributed by atoms with Gasteiger partial charge in [-0.25, -0.2) is 4.98 Å². The first-order valence-corrected chi connectivity index (χ1v) is 13.2. The maximum absolute atomic E-state index is 9.13. The molecule has 0 N–H and O–H groups in total. The summed E-state index contributed by atoms with van der Waals surface area (Å²) in [6, 6.07) is 26.2. The third-order valence-corrected chi connectivity index (χ3v) is 7.58. The van der Waals surface area contributed by atoms with Crippen molar-refractivity contribution in [1.29, 1.82) is 0 Å². The first kappa shape index (κ1) is 14.4. The lowest BCUT2D eigenvalue weighted by Crippen LogP contribution is -2.00. The summed E-state index contributed by atoms with van der Waals surface area (Å²) in [6.07, 6.45) is -2.76. The first-order chi connectivity index (χ1) is 25.1. The largest absolute Gasteiger partial charge is 0.296 e. The van der Waals surface area contributed by atoms with Crippen LogP contribution in [0.1, 0.15) is 29.1 Å². The van der Waals surface area contributed by atoms with E-state index in [2.05, 4.69) is 4.98 Å². The molecule has 0 aliphatic heterocycles. The summed E-state index contributed by atoms with van der Waals surface area (Å²) in [4.78, 5) is 4.43. The van der Waals surface area contributed by atoms with Crippen molar-refractivity contribution in [2.75, 3.05) is 0 Å². The van der Waals surface area contributed by atoms with Crippen molar-refractivity contribution in [2.45, 2.75) is 13.2 Å². The van der Waals surface area contributed by atoms with Crippen molar-refractivity contribution < 1.29 is 16.4 Å². The molecule has 0 fully saturated rings. The minimum atomic E-state index is -2.98. The highest BCUT2D eigenvalue weighted by molar-refractivity contribution is 6.23. The van der Waals surface area contributed by atoms with Crippen LogP contribution in [0.3, 0.4) is 0 Å². The number of rotatable bonds is 4. The lowest BCUT2D eigenvalue weighted by atomic mass is 9.85. The van der Waals surface area contributed by atoms with Gasteiger partial charge in [-0.05, 0) is 78.8 Å². The lowest BCUT2D eigenvalue weighted by molar-refractivity contribution is 0.908. The minimum Gasteiger partial charge on any atom is -0.296 e. The van der Waals surface area contributed by atoms with Crippen LogP contribution in [-0.2, 0) is 6.37 Å². The molecule has 194 valence electrons. The van der Waals surface area contributed by atoms with E-state index in [0.29, 0.717) is 33.1 Å². The van der Waals surface area contributed by atoms with Crippen LogP contribution in [0.25, 0.3) is 71.3 Å². The van der Waals surface area contributed by atoms with Gasteiger partial charge in [-0.15, -0.1) is 0 Å². The molecule has 0 spiro atoms. The van der Waals surface area contributed by atoms with E-state index in [4.69, 9.17) is 16.4 Å². The summed E-state index contributed by atoms with van der Waals surface area (Å²) in [5.74, 6) is -0.240. The smallest absolute Gasteiger partial charge is 0.114 e. The summed E-state index contributed by atoms with van der Waals surface area (Å²) in [6.45, 7) is -2.98. The van der Waals surface area contributed by atoms with Crippen LogP contribution in [0.4, 0.5) is 0 Å². The fraction of sp³-hybridized carbons (Fsp3) is 0.0513. The highest BCUT2D eigenvalue weighted by Crippen LogP contribution is 2.45. The number of benzene rings is 7. The monoisotopic (exact) mass is 536 g/mol. The highest BCUT2D eigenvalue weighted by Gasteiger charge is 2.18. The molecule has 7 aromatic carbocycles. The van der Waals surface area contributed by atoms with Gasteiger partial charge in [0.25, 0.3) is 0 Å². The maximum Gasteiger partial charge on any atom is 0.114 e. The number of nitrogens with zero attached hydrogens (tertiary/aromatic N) is 2. The van der Waals surface area contributed by atoms with Crippen molar-refractivity contribution in [3.05, 3.63) is 145 Å². The molecule has 0 bridgehead atoms. The Morgan fingerprint density at radius 1 is 0.659 bits per heavy atom. The number of hydrogen-bond donors (Lipinski definition) is 0. The molecule has 41 heavy (non-hydrogen) atoms. The molecule has 8 aromatic rings. The topological polar surface area (TPSA) is 17.8 Å². The SMILES string of the molecule is [2H]c1c([2H])c([2H])c2c(-c3c4ccccc4c(-c4ccc(-n5c(C([2H])([2H])C([2H])([2H])[2H])nc6ccccc65)cc4)c4ccccc34)c([2H])c([2H])c([2H])c2c1[2H]. The zero-order chi connectivity index (χ0) is 37.7. The lowest BCUT2D eigenvalue weighted by Gasteiger charge is -2.19. The van der Waals surface area contributed by atoms with Crippen molar-refractivity contribution in [2.24, 2.45) is 0 Å². The van der Waals surface area contributed by atoms with E-state index in [0.717, 1.165) is 21.9 Å². The van der Waals surface area contributed by atoms with Crippen molar-refractivity contribution >= 4 is 43.4 Å². The number of aryl methyl sites for hydroxylation is 1. The Labute approximate surface area is 256 Å². The summed E-state index contributed by atoms with van der Waals surface area (Å²) < 4.78 is 103. The molecular formula is C39H28N2. The minimum absolute atomic E-state index is 0.00897. The van der Waals surface area contributed by atoms with Gasteiger partial charge in [-0.3, -0.25) is 4.57 Å². The summed E-state index contributed by atoms with van der Waals surface area (Å²) in [5, 5.41) is 2.74. The molecule has 0 radical (unpaired) electrons. The predicted octanol–water partition coefficient (Wildman–Crippen LogP) is 10.4. The fourth-order valence-corrected chi connectivity index (χ4v) is 5.86. The van der Waals surface area contributed by atoms with Crippen LogP contribution in [-0.4, -0.2) is 9.55 Å². The number of para-hydroxylation sites is 2. The average Bonchev–Trinajstić information content (AvgIpc) is 3.55. The summed E-state index contributed by atoms with van der Waals surface area (Å²) in [7, 11) is 0. The van der Waals surface area contributed by atoms with E-state index in [9.17, 15) is 0 Å². The number of hydrogen-bond acceptors (Lipinski definition) is 1. The number of aromatic nitrogens is 2. The Morgan fingerprint density at radius 2 is 1.29 bits per heavy atom. The van der Waals surface area contributed by atoms with Gasteiger partial charge in [-0.2, -0.15) is 0 Å². The average molecular weight is 537 g/mol. The molecule has 0 saturated carbocycles. The van der Waals surface area contributed by atoms with Gasteiger partial charge in [0.2, 0.25) is 0 Å². The van der Waals surface area contributed by atoms with E-state index < -0.39 is 43.4 Å². The molecule has 1 heterocycles. The van der Waals surface area contributed by atoms with Gasteiger partial charge in [-0.1, -0.05) is 122 Å². The van der Waals surface area contributed by atoms with Crippen molar-refractivity contribution in [3.63, 3.8) is 0 Å². The molecule has 0 aliphatic rings. The zero-order valence-corrected chi connectivity index (χ0v) is 21.6. The van der Waals surface area contributed by atoms with E-state index >= 15 is 0 Å². The Kier molecular flexibility index (Phi) is 3.33. The predicted molar refractivity (Wildman–Crippen MR) is 174 cm³/mol. The van der Waals surface area contributed by atoms with Crippen LogP contribution < -0.4 is 0 Å². The van der Waals surface area contributed by atoms with Crippen LogP contribution in [0.5, 0.6) is 0 Å². The molecule has 0 aliphatic carbocycles. The second kappa shape index (κ2) is 9.46. The Hall–Kier alpha value is -5.21. The van der Waals surface area contributed by atoms with Crippen molar-refractivity contribution in [1.82, 2.24) is 9.55 Å². The number of fused-ring (bicyclic) bond motifs is 4. The van der Waals surface area contributed by atoms with Gasteiger partial charge < -0.3 is 0 Å². The second-order valence-electron chi connectivity index (χ2n) is 9.77. The van der Waals surface area contributed by atoms with Crippen molar-refractivity contribution in [3.8, 4) is 27.9 Å². The molecule has 0 atom stereocenters. The van der Waals surface area contributed by atoms with E-state index in [-0.39, 0.29) is 34.2 Å². The molecule has 1 aromatic heterocycles. The Balaban J connectivity index is 1.42. The summed E-state index contributed by atoms with van der Waals surface area (Å²) >= 11 is 0. The molecule has 0 unspecified atom stereocenters. The Morgan fingerprint density at radius 3 is 2.02 bits per heavy atom. The van der Waals surface area contributed by atoms with Gasteiger partial charge in [0.05, 0.1) is 20.6 Å². The zero-order valence-electron chi connectivity index (χ0n) is 33.6. The van der Waals surface area contributed by atoms with Crippen LogP contribution >= 0.6 is 0 Å². The van der Waals surface area contributed by atoms with Crippen LogP contribution in [0.2, 0.25) is 0 Å². The molecular weight excluding hydrogens is 496 g/mol. The van der Waals surface area contributed by atoms with E-state index in [1.807, 2.05) is 60.7 Å². The van der Waals surface area contributed by atoms with E-state index in [1.165, 1.54) is 4.57 Å². The fourth-order valence-electron chi connectivity index (χ4n) is 5.86. The number of imidazole rings is 1. The third-order valence-electron chi connectivity index (χ3n) is 7.58. The maximum atomic E-state index is 9.13. The standard InChI is InChI=1S/C39H28N2/c1-2-37-40-35-20-9-10-21-36(35)41(37)28-24-22-27(23-25-28)38-31-15-5-7-17-33(31)39(34-18-8-6-16-32(34)38)30-19-11-13-26-12-3-4-14-29(26)30/h3-25H,2H2,1H3/i1D3,2D2,3D,4D,11D,12D,13D,14D,19D. The van der Waals surface area contributed by atoms with Gasteiger partial charge in [0.15, 0.2) is 0 Å². The molecule has 0 saturated heterocycles. The van der Waals surface area contributed by atoms with Crippen LogP contribution in [0.15, 0.2) is 139 Å². The first-order valence-electron chi connectivity index (χ1n) is 19.2. The molecule has 0 amide bonds. The normalized spacial score (nSPS) is 16.5. The second-order valence-corrected chi connectivity index (χ2v) is 9.77. The summed E-state index contributed by atoms with van der Waals surface area (Å²) in [5.41, 5.74) is 3.75. The molecule has 2 heteroatoms.